The number of aliphatic carboxylic acids is 1. The van der Waals surface area contributed by atoms with Crippen molar-refractivity contribution >= 4 is 29.9 Å². The monoisotopic (exact) mass is 616 g/mol. The molecule has 2 aliphatic carbocycles. The molecule has 0 aliphatic heterocycles. The van der Waals surface area contributed by atoms with Crippen molar-refractivity contribution in [1.29, 1.82) is 0 Å². The van der Waals surface area contributed by atoms with Gasteiger partial charge in [-0.1, -0.05) is 79.7 Å². The fourth-order valence-corrected chi connectivity index (χ4v) is 6.39. The molecule has 0 saturated carbocycles. The number of carboxylic acids is 1. The third kappa shape index (κ3) is 6.38. The van der Waals surface area contributed by atoms with Gasteiger partial charge in [0.15, 0.2) is 6.61 Å². The van der Waals surface area contributed by atoms with Gasteiger partial charge in [0.2, 0.25) is 5.91 Å². The summed E-state index contributed by atoms with van der Waals surface area (Å²) < 4.78 is 5.93. The van der Waals surface area contributed by atoms with Crippen molar-refractivity contribution in [3.05, 3.63) is 128 Å². The van der Waals surface area contributed by atoms with Crippen molar-refractivity contribution in [3.8, 4) is 11.5 Å². The predicted molar refractivity (Wildman–Crippen MR) is 174 cm³/mol. The average molecular weight is 617 g/mol. The molecule has 0 radical (unpaired) electrons. The number of hydrogen-bond acceptors (Lipinski definition) is 5. The van der Waals surface area contributed by atoms with Crippen LogP contribution >= 0.6 is 0 Å². The van der Waals surface area contributed by atoms with Gasteiger partial charge >= 0.3 is 5.97 Å². The van der Waals surface area contributed by atoms with Gasteiger partial charge in [0.1, 0.15) is 23.6 Å². The molecule has 3 atom stereocenters. The van der Waals surface area contributed by atoms with Crippen molar-refractivity contribution in [2.45, 2.75) is 50.6 Å². The lowest BCUT2D eigenvalue weighted by atomic mass is 9.80. The summed E-state index contributed by atoms with van der Waals surface area (Å²) in [6.07, 6.45) is 8.07. The molecular weight excluding hydrogens is 580 g/mol. The minimum absolute atomic E-state index is 0.00547. The molecule has 234 valence electrons. The number of amides is 2. The van der Waals surface area contributed by atoms with Crippen molar-refractivity contribution < 1.29 is 29.3 Å². The number of ether oxygens (including phenoxy) is 1. The van der Waals surface area contributed by atoms with Crippen LogP contribution in [-0.2, 0) is 20.8 Å². The summed E-state index contributed by atoms with van der Waals surface area (Å²) in [5, 5.41) is 28.9. The van der Waals surface area contributed by atoms with Gasteiger partial charge in [-0.2, -0.15) is 0 Å². The van der Waals surface area contributed by atoms with E-state index in [1.165, 1.54) is 51.4 Å². The van der Waals surface area contributed by atoms with Crippen molar-refractivity contribution in [2.75, 3.05) is 6.61 Å². The molecule has 0 aromatic heterocycles. The van der Waals surface area contributed by atoms with E-state index in [-0.39, 0.29) is 24.7 Å². The third-order valence-corrected chi connectivity index (χ3v) is 8.70. The number of phenolic OH excluding ortho intramolecular Hbond substituents is 1. The summed E-state index contributed by atoms with van der Waals surface area (Å²) in [7, 11) is 0. The molecule has 8 nitrogen and oxygen atoms in total. The van der Waals surface area contributed by atoms with Crippen LogP contribution in [0, 0.1) is 10.4 Å². The lowest BCUT2D eigenvalue weighted by Crippen LogP contribution is -2.47. The first-order valence-electron chi connectivity index (χ1n) is 15.6. The van der Waals surface area contributed by atoms with Gasteiger partial charge in [0, 0.05) is 5.92 Å². The van der Waals surface area contributed by atoms with E-state index in [0.717, 1.165) is 29.7 Å². The van der Waals surface area contributed by atoms with Crippen LogP contribution in [0.25, 0.3) is 12.2 Å². The standard InChI is InChI=1S/C38H36N2O6/c1-2-33(38(44)45)39-37(43)36(25-12-15-27(41)16-13-25)40-34(42)22-46-28-17-19-29-26(20-28)21-32(23-8-4-3-5-9-23)35-30-11-7-6-10-24(30)14-18-31(29)35/h3-5,8-10,12-21,32-33,36,41H,2,6-7,11,22H2,1H3,(H,39,43)(H,40,42)(H,44,45)/t32?,33-,36+/m0/s1. The molecule has 1 unspecified atom stereocenters. The molecule has 2 aliphatic rings. The number of hydrogen-bond donors (Lipinski definition) is 4. The zero-order chi connectivity index (χ0) is 32.2. The Hall–Kier alpha value is -5.37. The Morgan fingerprint density at radius 1 is 0.913 bits per heavy atom. The first-order chi connectivity index (χ1) is 22.3. The Labute approximate surface area is 266 Å². The zero-order valence-electron chi connectivity index (χ0n) is 25.5. The number of fused-ring (bicyclic) bond motifs is 4. The molecule has 0 saturated heterocycles. The quantitative estimate of drug-likeness (QED) is 0.214. The lowest BCUT2D eigenvalue weighted by Gasteiger charge is -2.24. The Balaban J connectivity index is 1.27. The smallest absolute Gasteiger partial charge is 0.326 e. The minimum atomic E-state index is -1.19. The van der Waals surface area contributed by atoms with Crippen molar-refractivity contribution in [2.24, 2.45) is 0 Å². The fraction of sp³-hybridized carbons (Fsp3) is 0.237. The highest BCUT2D eigenvalue weighted by Crippen LogP contribution is 2.32. The number of aromatic hydroxyl groups is 1. The molecule has 4 aromatic carbocycles. The summed E-state index contributed by atoms with van der Waals surface area (Å²) in [6.45, 7) is 1.28. The second-order valence-corrected chi connectivity index (χ2v) is 11.7. The van der Waals surface area contributed by atoms with E-state index in [2.05, 4.69) is 59.2 Å². The largest absolute Gasteiger partial charge is 0.508 e. The van der Waals surface area contributed by atoms with Crippen molar-refractivity contribution in [3.63, 3.8) is 0 Å². The lowest BCUT2D eigenvalue weighted by molar-refractivity contribution is -0.142. The molecule has 2 amide bonds. The van der Waals surface area contributed by atoms with Crippen LogP contribution < -0.4 is 25.8 Å². The maximum Gasteiger partial charge on any atom is 0.326 e. The molecular formula is C38H36N2O6. The highest BCUT2D eigenvalue weighted by Gasteiger charge is 2.27. The van der Waals surface area contributed by atoms with E-state index in [1.807, 2.05) is 24.3 Å². The number of carbonyl (C=O) groups is 3. The molecule has 46 heavy (non-hydrogen) atoms. The molecule has 6 rings (SSSR count). The van der Waals surface area contributed by atoms with Gasteiger partial charge in [-0.3, -0.25) is 9.59 Å². The van der Waals surface area contributed by atoms with E-state index in [9.17, 15) is 24.6 Å². The number of rotatable bonds is 10. The van der Waals surface area contributed by atoms with Gasteiger partial charge in [-0.05, 0) is 93.1 Å². The number of carboxylic acid groups (broad SMARTS) is 1. The van der Waals surface area contributed by atoms with Gasteiger partial charge in [0.05, 0.1) is 0 Å². The predicted octanol–water partition coefficient (Wildman–Crippen LogP) is 3.94. The molecule has 0 bridgehead atoms. The molecule has 4 N–H and O–H groups in total. The van der Waals surface area contributed by atoms with Crippen LogP contribution in [0.15, 0.2) is 84.9 Å². The first kappa shape index (κ1) is 30.6. The highest BCUT2D eigenvalue weighted by atomic mass is 16.5. The van der Waals surface area contributed by atoms with Gasteiger partial charge in [-0.25, -0.2) is 4.79 Å². The zero-order valence-corrected chi connectivity index (χ0v) is 25.5. The first-order valence-corrected chi connectivity index (χ1v) is 15.6. The maximum atomic E-state index is 13.1. The van der Waals surface area contributed by atoms with Crippen molar-refractivity contribution in [1.82, 2.24) is 10.6 Å². The van der Waals surface area contributed by atoms with E-state index >= 15 is 0 Å². The number of carbonyl (C=O) groups excluding carboxylic acids is 2. The van der Waals surface area contributed by atoms with Crippen LogP contribution in [0.3, 0.4) is 0 Å². The second kappa shape index (κ2) is 13.3. The Morgan fingerprint density at radius 2 is 1.67 bits per heavy atom. The van der Waals surface area contributed by atoms with Crippen LogP contribution in [0.5, 0.6) is 11.5 Å². The number of benzene rings is 4. The summed E-state index contributed by atoms with van der Waals surface area (Å²) in [4.78, 5) is 37.7. The number of nitrogens with one attached hydrogen (secondary N) is 2. The Morgan fingerprint density at radius 3 is 2.41 bits per heavy atom. The van der Waals surface area contributed by atoms with Crippen LogP contribution in [0.1, 0.15) is 60.4 Å². The minimum Gasteiger partial charge on any atom is -0.508 e. The van der Waals surface area contributed by atoms with E-state index < -0.39 is 29.9 Å². The SMILES string of the molecule is CC[C@H](NC(=O)[C@H](NC(=O)COc1ccc2c(c1)=CC(c1ccccc1)c1c3c(ccc1=2)=CCCC3)c1ccc(O)cc1)C(=O)O. The molecule has 4 aromatic rings. The molecule has 0 spiro atoms. The van der Waals surface area contributed by atoms with Crippen LogP contribution in [0.2, 0.25) is 0 Å². The molecule has 8 heteroatoms. The van der Waals surface area contributed by atoms with Gasteiger partial charge in [0.25, 0.3) is 5.91 Å². The Bertz CT molecular complexity index is 2010. The summed E-state index contributed by atoms with van der Waals surface area (Å²) in [6, 6.07) is 24.2. The topological polar surface area (TPSA) is 125 Å². The van der Waals surface area contributed by atoms with E-state index in [4.69, 9.17) is 4.74 Å². The summed E-state index contributed by atoms with van der Waals surface area (Å²) in [5.41, 5.74) is 4.37. The average Bonchev–Trinajstić information content (AvgIpc) is 3.08. The van der Waals surface area contributed by atoms with Crippen LogP contribution in [-0.4, -0.2) is 40.6 Å². The summed E-state index contributed by atoms with van der Waals surface area (Å²) >= 11 is 0. The normalized spacial score (nSPS) is 15.8. The maximum absolute atomic E-state index is 13.1. The second-order valence-electron chi connectivity index (χ2n) is 11.7. The third-order valence-electron chi connectivity index (χ3n) is 8.70. The Kier molecular flexibility index (Phi) is 8.88. The van der Waals surface area contributed by atoms with Gasteiger partial charge < -0.3 is 25.6 Å². The van der Waals surface area contributed by atoms with Crippen LogP contribution in [0.4, 0.5) is 0 Å². The summed E-state index contributed by atoms with van der Waals surface area (Å²) in [5.74, 6) is -1.83. The molecule has 0 fully saturated rings. The van der Waals surface area contributed by atoms with E-state index in [0.29, 0.717) is 11.3 Å². The van der Waals surface area contributed by atoms with E-state index in [1.54, 1.807) is 6.92 Å². The molecule has 0 heterocycles. The highest BCUT2D eigenvalue weighted by molar-refractivity contribution is 5.91. The fourth-order valence-electron chi connectivity index (χ4n) is 6.39. The number of phenols is 1. The van der Waals surface area contributed by atoms with Gasteiger partial charge in [-0.15, -0.1) is 0 Å².